The number of halogens is 2. The van der Waals surface area contributed by atoms with E-state index in [9.17, 15) is 0 Å². The Bertz CT molecular complexity index is 1010. The van der Waals surface area contributed by atoms with Crippen LogP contribution in [0.25, 0.3) is 0 Å². The minimum Gasteiger partial charge on any atom is -1.00 e. The molecule has 0 saturated heterocycles. The largest absolute Gasteiger partial charge is 2.00 e. The van der Waals surface area contributed by atoms with Gasteiger partial charge < -0.3 is 47.5 Å². The van der Waals surface area contributed by atoms with Gasteiger partial charge in [0.25, 0.3) is 0 Å². The second-order valence-electron chi connectivity index (χ2n) is 9.99. The van der Waals surface area contributed by atoms with Crippen LogP contribution in [0.4, 0.5) is 0 Å². The van der Waals surface area contributed by atoms with Crippen molar-refractivity contribution in [3.8, 4) is 0 Å². The van der Waals surface area contributed by atoms with Gasteiger partial charge in [0.1, 0.15) is 0 Å². The zero-order chi connectivity index (χ0) is 26.6. The first-order valence-electron chi connectivity index (χ1n) is 13.6. The van der Waals surface area contributed by atoms with E-state index >= 15 is 0 Å². The van der Waals surface area contributed by atoms with E-state index in [1.807, 2.05) is 0 Å². The van der Waals surface area contributed by atoms with E-state index in [4.69, 9.17) is 17.2 Å². The smallest absolute Gasteiger partial charge is 1.00 e. The molecule has 1 aliphatic rings. The first-order chi connectivity index (χ1) is 18.6. The van der Waals surface area contributed by atoms with E-state index in [2.05, 4.69) is 121 Å². The Labute approximate surface area is 280 Å². The number of benzene rings is 4. The predicted molar refractivity (Wildman–Crippen MR) is 174 cm³/mol. The van der Waals surface area contributed by atoms with E-state index in [0.29, 0.717) is 0 Å². The average Bonchev–Trinajstić information content (AvgIpc) is 2.95. The van der Waals surface area contributed by atoms with Crippen LogP contribution >= 0.6 is 15.8 Å². The maximum absolute atomic E-state index is 5.66. The van der Waals surface area contributed by atoms with E-state index in [0.717, 1.165) is 19.3 Å². The number of hydrogen-bond donors (Lipinski definition) is 3. The molecule has 0 heterocycles. The van der Waals surface area contributed by atoms with Gasteiger partial charge in [0.15, 0.2) is 0 Å². The van der Waals surface area contributed by atoms with Crippen molar-refractivity contribution < 1.29 is 49.8 Å². The van der Waals surface area contributed by atoms with Crippen molar-refractivity contribution >= 4 is 37.1 Å². The van der Waals surface area contributed by atoms with E-state index in [-0.39, 0.29) is 83.7 Å². The van der Waals surface area contributed by atoms with E-state index in [1.165, 1.54) is 40.0 Å². The van der Waals surface area contributed by atoms with Crippen molar-refractivity contribution in [1.29, 1.82) is 0 Å². The zero-order valence-corrected chi connectivity index (χ0v) is 28.8. The van der Waals surface area contributed by atoms with Crippen molar-refractivity contribution in [2.24, 2.45) is 17.2 Å². The summed E-state index contributed by atoms with van der Waals surface area (Å²) >= 11 is 0. The van der Waals surface area contributed by atoms with E-state index in [1.54, 1.807) is 0 Å². The van der Waals surface area contributed by atoms with Crippen molar-refractivity contribution in [3.05, 3.63) is 121 Å². The monoisotopic (exact) mass is 731 g/mol. The van der Waals surface area contributed by atoms with Gasteiger partial charge in [-0.05, 0) is 75.1 Å². The standard InChI is InChI=1S/C27H26P2.C6H15N3.2ClH.H2O.Ru/c1-5-14-24(15-6-1)28(25-16-7-2-8-17-25)22-13-23-29(26-18-9-3-10-19-26)27-20-11-4-12-21-27;7-4-1-5(8)3-6(9)2-4;;;;/h1-12,14-21H,13,22-23H2;4-6H,1-3,7-9H2;2*1H;1H2;/q;;;;;+2/p-2. The second kappa shape index (κ2) is 22.3. The summed E-state index contributed by atoms with van der Waals surface area (Å²) in [6.45, 7) is 0. The van der Waals surface area contributed by atoms with Gasteiger partial charge >= 0.3 is 19.5 Å². The molecule has 5 rings (SSSR count). The molecule has 0 aromatic heterocycles. The molecule has 0 amide bonds. The number of hydrogen-bond acceptors (Lipinski definition) is 3. The average molecular weight is 732 g/mol. The normalized spacial score (nSPS) is 17.3. The molecular formula is C33H43Cl2N3OP2Ru. The van der Waals surface area contributed by atoms with Crippen LogP contribution in [0, 0.1) is 0 Å². The molecule has 4 aromatic carbocycles. The second-order valence-corrected chi connectivity index (χ2v) is 14.7. The number of nitrogens with two attached hydrogens (primary N) is 3. The summed E-state index contributed by atoms with van der Waals surface area (Å²) in [4.78, 5) is 0. The fraction of sp³-hybridized carbons (Fsp3) is 0.273. The molecule has 0 bridgehead atoms. The summed E-state index contributed by atoms with van der Waals surface area (Å²) < 4.78 is 0. The van der Waals surface area contributed by atoms with Crippen LogP contribution in [0.1, 0.15) is 25.7 Å². The summed E-state index contributed by atoms with van der Waals surface area (Å²) in [5.41, 5.74) is 17.0. The molecule has 0 spiro atoms. The minimum atomic E-state index is -0.309. The Morgan fingerprint density at radius 3 is 0.881 bits per heavy atom. The predicted octanol–water partition coefficient (Wildman–Crippen LogP) is -2.02. The van der Waals surface area contributed by atoms with Gasteiger partial charge in [-0.25, -0.2) is 0 Å². The van der Waals surface area contributed by atoms with Gasteiger partial charge in [-0.15, -0.1) is 0 Å². The van der Waals surface area contributed by atoms with Crippen LogP contribution in [0.3, 0.4) is 0 Å². The van der Waals surface area contributed by atoms with Gasteiger partial charge in [-0.2, -0.15) is 0 Å². The van der Waals surface area contributed by atoms with Gasteiger partial charge in [-0.1, -0.05) is 121 Å². The molecular weight excluding hydrogens is 688 g/mol. The Hall–Kier alpha value is -1.22. The Morgan fingerprint density at radius 2 is 0.667 bits per heavy atom. The van der Waals surface area contributed by atoms with Gasteiger partial charge in [0.2, 0.25) is 0 Å². The first kappa shape index (κ1) is 40.8. The fourth-order valence-corrected chi connectivity index (χ4v) is 10.0. The third kappa shape index (κ3) is 13.2. The summed E-state index contributed by atoms with van der Waals surface area (Å²) in [6, 6.07) is 45.0. The van der Waals surface area contributed by atoms with Gasteiger partial charge in [-0.3, -0.25) is 0 Å². The molecule has 228 valence electrons. The van der Waals surface area contributed by atoms with Crippen molar-refractivity contribution in [1.82, 2.24) is 0 Å². The van der Waals surface area contributed by atoms with E-state index < -0.39 is 0 Å². The van der Waals surface area contributed by atoms with Crippen LogP contribution in [-0.2, 0) is 19.5 Å². The summed E-state index contributed by atoms with van der Waals surface area (Å²) in [7, 11) is -0.618. The van der Waals surface area contributed by atoms with Gasteiger partial charge in [0.05, 0.1) is 0 Å². The van der Waals surface area contributed by atoms with Crippen LogP contribution in [0.15, 0.2) is 121 Å². The molecule has 8 N–H and O–H groups in total. The quantitative estimate of drug-likeness (QED) is 0.144. The Balaban J connectivity index is 0.00000112. The van der Waals surface area contributed by atoms with Crippen LogP contribution in [0.5, 0.6) is 0 Å². The van der Waals surface area contributed by atoms with Crippen LogP contribution in [0.2, 0.25) is 0 Å². The third-order valence-electron chi connectivity index (χ3n) is 6.85. The molecule has 1 fully saturated rings. The van der Waals surface area contributed by atoms with Gasteiger partial charge in [0, 0.05) is 18.1 Å². The van der Waals surface area contributed by atoms with Crippen molar-refractivity contribution in [2.45, 2.75) is 43.8 Å². The Kier molecular flexibility index (Phi) is 21.7. The molecule has 1 aliphatic carbocycles. The maximum atomic E-state index is 5.66. The van der Waals surface area contributed by atoms with Crippen LogP contribution in [-0.4, -0.2) is 35.9 Å². The maximum Gasteiger partial charge on any atom is 2.00 e. The summed E-state index contributed by atoms with van der Waals surface area (Å²) in [6.07, 6.45) is 6.53. The first-order valence-corrected chi connectivity index (χ1v) is 16.7. The SMILES string of the molecule is NC1CC(N)CC(N)C1.O.[Cl-].[Cl-].[Ru+2].c1ccc(P(CCCP(c2ccccc2)c2ccccc2)c2ccccc2)cc1. The third-order valence-corrected chi connectivity index (χ3v) is 12.1. The summed E-state index contributed by atoms with van der Waals surface area (Å²) in [5.74, 6) is 0. The molecule has 0 unspecified atom stereocenters. The van der Waals surface area contributed by atoms with Crippen molar-refractivity contribution in [2.75, 3.05) is 12.3 Å². The fourth-order valence-electron chi connectivity index (χ4n) is 5.09. The molecule has 4 aromatic rings. The molecule has 9 heteroatoms. The van der Waals surface area contributed by atoms with Crippen LogP contribution < -0.4 is 63.2 Å². The molecule has 0 aliphatic heterocycles. The molecule has 4 nitrogen and oxygen atoms in total. The minimum absolute atomic E-state index is 0. The topological polar surface area (TPSA) is 110 Å². The number of rotatable bonds is 8. The molecule has 0 atom stereocenters. The summed E-state index contributed by atoms with van der Waals surface area (Å²) in [5, 5.41) is 5.94. The van der Waals surface area contributed by atoms with Crippen molar-refractivity contribution in [3.63, 3.8) is 0 Å². The zero-order valence-electron chi connectivity index (χ0n) is 23.8. The Morgan fingerprint density at radius 1 is 0.452 bits per heavy atom. The molecule has 1 saturated carbocycles. The molecule has 0 radical (unpaired) electrons. The molecule has 42 heavy (non-hydrogen) atoms.